The number of nitrogens with zero attached hydrogens (tertiary/aromatic N) is 3. The number of hydrogen-bond donors (Lipinski definition) is 1. The molecule has 0 fully saturated rings. The number of hydrogen-bond acceptors (Lipinski definition) is 5. The van der Waals surface area contributed by atoms with E-state index < -0.39 is 17.4 Å². The van der Waals surface area contributed by atoms with Gasteiger partial charge in [0.2, 0.25) is 0 Å². The van der Waals surface area contributed by atoms with E-state index in [1.807, 2.05) is 0 Å². The van der Waals surface area contributed by atoms with Gasteiger partial charge in [0, 0.05) is 5.56 Å². The molecular formula is C18H14F2N4O4. The number of anilines is 1. The van der Waals surface area contributed by atoms with Crippen molar-refractivity contribution in [2.75, 3.05) is 5.32 Å². The number of aromatic nitrogens is 2. The summed E-state index contributed by atoms with van der Waals surface area (Å²) in [6, 6.07) is 12.4. The molecule has 3 aromatic rings. The number of nitro groups is 1. The molecule has 3 rings (SSSR count). The van der Waals surface area contributed by atoms with Crippen molar-refractivity contribution in [2.24, 2.45) is 0 Å². The normalized spacial score (nSPS) is 10.7. The average molecular weight is 388 g/mol. The van der Waals surface area contributed by atoms with Crippen molar-refractivity contribution in [2.45, 2.75) is 13.2 Å². The van der Waals surface area contributed by atoms with Crippen LogP contribution in [0.4, 0.5) is 20.2 Å². The lowest BCUT2D eigenvalue weighted by atomic mass is 10.1. The van der Waals surface area contributed by atoms with E-state index in [9.17, 15) is 23.7 Å². The molecule has 0 aliphatic rings. The molecule has 0 atom stereocenters. The Balaban J connectivity index is 1.82. The van der Waals surface area contributed by atoms with E-state index in [0.717, 1.165) is 6.20 Å². The van der Waals surface area contributed by atoms with E-state index in [1.54, 1.807) is 30.3 Å². The number of rotatable bonds is 7. The molecule has 0 unspecified atom stereocenters. The van der Waals surface area contributed by atoms with Crippen LogP contribution < -0.4 is 10.1 Å². The van der Waals surface area contributed by atoms with Crippen LogP contribution in [0.25, 0.3) is 0 Å². The van der Waals surface area contributed by atoms with Crippen LogP contribution in [0.2, 0.25) is 0 Å². The van der Waals surface area contributed by atoms with Crippen LogP contribution >= 0.6 is 0 Å². The molecule has 0 saturated carbocycles. The molecule has 1 heterocycles. The molecule has 1 N–H and O–H groups in total. The standard InChI is InChI=1S/C18H14F2N4O4/c19-18(20)28-16-8-4-3-7-15(16)22-17(25)14-6-2-1-5-12(14)10-23-11-13(9-21-23)24(26)27/h1-9,11,18H,10H2,(H,22,25). The highest BCUT2D eigenvalue weighted by Crippen LogP contribution is 2.26. The predicted octanol–water partition coefficient (Wildman–Crippen LogP) is 3.69. The van der Waals surface area contributed by atoms with Gasteiger partial charge in [0.05, 0.1) is 17.2 Å². The SMILES string of the molecule is O=C(Nc1ccccc1OC(F)F)c1ccccc1Cn1cc([N+](=O)[O-])cn1. The third-order valence-corrected chi connectivity index (χ3v) is 3.78. The number of carbonyl (C=O) groups excluding carboxylic acids is 1. The van der Waals surface area contributed by atoms with Crippen LogP contribution in [-0.2, 0) is 6.54 Å². The summed E-state index contributed by atoms with van der Waals surface area (Å²) in [5.74, 6) is -0.700. The largest absolute Gasteiger partial charge is 0.433 e. The van der Waals surface area contributed by atoms with Crippen LogP contribution in [0.15, 0.2) is 60.9 Å². The highest BCUT2D eigenvalue weighted by molar-refractivity contribution is 6.06. The first-order valence-electron chi connectivity index (χ1n) is 8.04. The maximum atomic E-state index is 12.7. The van der Waals surface area contributed by atoms with Crippen molar-refractivity contribution in [3.63, 3.8) is 0 Å². The molecule has 0 spiro atoms. The van der Waals surface area contributed by atoms with E-state index in [-0.39, 0.29) is 29.2 Å². The van der Waals surface area contributed by atoms with Crippen molar-refractivity contribution in [3.8, 4) is 5.75 Å². The number of carbonyl (C=O) groups is 1. The zero-order valence-corrected chi connectivity index (χ0v) is 14.3. The maximum absolute atomic E-state index is 12.7. The molecule has 0 aliphatic carbocycles. The second kappa shape index (κ2) is 8.25. The minimum atomic E-state index is -3.03. The summed E-state index contributed by atoms with van der Waals surface area (Å²) in [7, 11) is 0. The molecule has 144 valence electrons. The van der Waals surface area contributed by atoms with Crippen molar-refractivity contribution in [1.29, 1.82) is 0 Å². The fraction of sp³-hybridized carbons (Fsp3) is 0.111. The van der Waals surface area contributed by atoms with Gasteiger partial charge in [-0.1, -0.05) is 30.3 Å². The summed E-state index contributed by atoms with van der Waals surface area (Å²) in [6.07, 6.45) is 2.36. The Kier molecular flexibility index (Phi) is 5.58. The summed E-state index contributed by atoms with van der Waals surface area (Å²) < 4.78 is 30.8. The number of benzene rings is 2. The van der Waals surface area contributed by atoms with Gasteiger partial charge in [-0.05, 0) is 23.8 Å². The third-order valence-electron chi connectivity index (χ3n) is 3.78. The Morgan fingerprint density at radius 1 is 1.21 bits per heavy atom. The zero-order chi connectivity index (χ0) is 20.1. The van der Waals surface area contributed by atoms with Gasteiger partial charge in [0.15, 0.2) is 0 Å². The quantitative estimate of drug-likeness (QED) is 0.492. The second-order valence-electron chi connectivity index (χ2n) is 5.64. The Labute approximate surface area is 157 Å². The van der Waals surface area contributed by atoms with Gasteiger partial charge in [-0.15, -0.1) is 0 Å². The molecule has 0 aliphatic heterocycles. The third kappa shape index (κ3) is 4.47. The number of amides is 1. The number of alkyl halides is 2. The Morgan fingerprint density at radius 2 is 1.93 bits per heavy atom. The van der Waals surface area contributed by atoms with E-state index in [0.29, 0.717) is 5.56 Å². The first kappa shape index (κ1) is 19.0. The molecule has 8 nitrogen and oxygen atoms in total. The Morgan fingerprint density at radius 3 is 2.64 bits per heavy atom. The lowest BCUT2D eigenvalue weighted by Gasteiger charge is -2.13. The summed E-state index contributed by atoms with van der Waals surface area (Å²) in [5, 5.41) is 17.2. The Bertz CT molecular complexity index is 1010. The van der Waals surface area contributed by atoms with Gasteiger partial charge in [0.25, 0.3) is 5.91 Å². The summed E-state index contributed by atoms with van der Waals surface area (Å²) >= 11 is 0. The summed E-state index contributed by atoms with van der Waals surface area (Å²) in [4.78, 5) is 22.9. The molecule has 0 bridgehead atoms. The van der Waals surface area contributed by atoms with Crippen LogP contribution in [0.1, 0.15) is 15.9 Å². The van der Waals surface area contributed by atoms with Crippen LogP contribution in [0.3, 0.4) is 0 Å². The molecule has 0 saturated heterocycles. The first-order chi connectivity index (χ1) is 13.4. The molecule has 0 radical (unpaired) electrons. The lowest BCUT2D eigenvalue weighted by molar-refractivity contribution is -0.385. The van der Waals surface area contributed by atoms with E-state index >= 15 is 0 Å². The van der Waals surface area contributed by atoms with Gasteiger partial charge in [-0.25, -0.2) is 0 Å². The molecule has 28 heavy (non-hydrogen) atoms. The van der Waals surface area contributed by atoms with E-state index in [1.165, 1.54) is 29.1 Å². The molecule has 10 heteroatoms. The zero-order valence-electron chi connectivity index (χ0n) is 14.3. The second-order valence-corrected chi connectivity index (χ2v) is 5.64. The van der Waals surface area contributed by atoms with Gasteiger partial charge in [0.1, 0.15) is 18.1 Å². The number of halogens is 2. The minimum Gasteiger partial charge on any atom is -0.433 e. The fourth-order valence-corrected chi connectivity index (χ4v) is 2.55. The fourth-order valence-electron chi connectivity index (χ4n) is 2.55. The van der Waals surface area contributed by atoms with Gasteiger partial charge >= 0.3 is 12.3 Å². The van der Waals surface area contributed by atoms with Crippen LogP contribution in [-0.4, -0.2) is 27.2 Å². The maximum Gasteiger partial charge on any atom is 0.387 e. The molecule has 1 aromatic heterocycles. The van der Waals surface area contributed by atoms with Crippen molar-refractivity contribution < 1.29 is 23.2 Å². The highest BCUT2D eigenvalue weighted by atomic mass is 19.3. The van der Waals surface area contributed by atoms with Crippen molar-refractivity contribution >= 4 is 17.3 Å². The number of ether oxygens (including phenoxy) is 1. The lowest BCUT2D eigenvalue weighted by Crippen LogP contribution is -2.16. The van der Waals surface area contributed by atoms with Crippen molar-refractivity contribution in [1.82, 2.24) is 9.78 Å². The Hall–Kier alpha value is -3.82. The first-order valence-corrected chi connectivity index (χ1v) is 8.04. The molecule has 2 aromatic carbocycles. The average Bonchev–Trinajstić information content (AvgIpc) is 3.12. The van der Waals surface area contributed by atoms with Crippen LogP contribution in [0.5, 0.6) is 5.75 Å². The van der Waals surface area contributed by atoms with Gasteiger partial charge in [-0.3, -0.25) is 19.6 Å². The van der Waals surface area contributed by atoms with Gasteiger partial charge < -0.3 is 10.1 Å². The number of para-hydroxylation sites is 2. The predicted molar refractivity (Wildman–Crippen MR) is 95.5 cm³/mol. The van der Waals surface area contributed by atoms with E-state index in [4.69, 9.17) is 0 Å². The smallest absolute Gasteiger partial charge is 0.387 e. The topological polar surface area (TPSA) is 99.3 Å². The molecule has 1 amide bonds. The monoisotopic (exact) mass is 388 g/mol. The molecular weight excluding hydrogens is 374 g/mol. The number of nitrogens with one attached hydrogen (secondary N) is 1. The summed E-state index contributed by atoms with van der Waals surface area (Å²) in [6.45, 7) is -2.91. The van der Waals surface area contributed by atoms with Crippen LogP contribution in [0, 0.1) is 10.1 Å². The van der Waals surface area contributed by atoms with Crippen molar-refractivity contribution in [3.05, 3.63) is 82.2 Å². The van der Waals surface area contributed by atoms with E-state index in [2.05, 4.69) is 15.2 Å². The minimum absolute atomic E-state index is 0.0948. The highest BCUT2D eigenvalue weighted by Gasteiger charge is 2.16. The summed E-state index contributed by atoms with van der Waals surface area (Å²) in [5.41, 5.74) is 0.745. The van der Waals surface area contributed by atoms with Gasteiger partial charge in [-0.2, -0.15) is 13.9 Å².